The number of rotatable bonds is 3. The summed E-state index contributed by atoms with van der Waals surface area (Å²) >= 11 is 0. The van der Waals surface area contributed by atoms with Gasteiger partial charge in [-0.25, -0.2) is 0 Å². The molecule has 108 valence electrons. The van der Waals surface area contributed by atoms with Crippen LogP contribution in [-0.2, 0) is 9.59 Å². The third kappa shape index (κ3) is 2.78. The van der Waals surface area contributed by atoms with Crippen LogP contribution in [0, 0.1) is 0 Å². The van der Waals surface area contributed by atoms with Crippen molar-refractivity contribution in [2.75, 3.05) is 16.8 Å². The molecule has 0 unspecified atom stereocenters. The molecule has 2 fully saturated rings. The number of hydrogen-bond acceptors (Lipinski definition) is 3. The fourth-order valence-electron chi connectivity index (χ4n) is 2.26. The minimum atomic E-state index is -0.663. The fraction of sp³-hybridized carbons (Fsp3) is 0.429. The highest BCUT2D eigenvalue weighted by Gasteiger charge is 2.45. The highest BCUT2D eigenvalue weighted by Crippen LogP contribution is 2.33. The highest BCUT2D eigenvalue weighted by atomic mass is 35.5. The first-order valence-corrected chi connectivity index (χ1v) is 6.59. The third-order valence-corrected chi connectivity index (χ3v) is 3.75. The van der Waals surface area contributed by atoms with E-state index < -0.39 is 5.54 Å². The number of halogens is 1. The topological polar surface area (TPSA) is 75.4 Å². The van der Waals surface area contributed by atoms with Crippen LogP contribution in [0.1, 0.15) is 25.7 Å². The molecule has 1 aromatic carbocycles. The molecule has 0 spiro atoms. The quantitative estimate of drug-likeness (QED) is 0.890. The maximum atomic E-state index is 11.8. The summed E-state index contributed by atoms with van der Waals surface area (Å²) in [5.41, 5.74) is 6.76. The van der Waals surface area contributed by atoms with Crippen LogP contribution in [0.25, 0.3) is 0 Å². The van der Waals surface area contributed by atoms with Gasteiger partial charge in [0.2, 0.25) is 11.8 Å². The Morgan fingerprint density at radius 3 is 2.40 bits per heavy atom. The van der Waals surface area contributed by atoms with Crippen LogP contribution in [0.3, 0.4) is 0 Å². The first kappa shape index (κ1) is 14.8. The van der Waals surface area contributed by atoms with Crippen LogP contribution in [0.2, 0.25) is 0 Å². The minimum absolute atomic E-state index is 0. The van der Waals surface area contributed by atoms with Gasteiger partial charge in [-0.15, -0.1) is 12.4 Å². The van der Waals surface area contributed by atoms with Gasteiger partial charge in [0.25, 0.3) is 0 Å². The molecular formula is C14H18ClN3O2. The Hall–Kier alpha value is -1.59. The molecule has 5 nitrogen and oxygen atoms in total. The van der Waals surface area contributed by atoms with Crippen LogP contribution in [0.15, 0.2) is 24.3 Å². The van der Waals surface area contributed by atoms with Crippen molar-refractivity contribution in [3.8, 4) is 0 Å². The SMILES string of the molecule is Cl.NC1(C(=O)Nc2ccc(N3CCCC3=O)cc2)CC1. The number of hydrogen-bond donors (Lipinski definition) is 2. The summed E-state index contributed by atoms with van der Waals surface area (Å²) in [6.45, 7) is 0.774. The van der Waals surface area contributed by atoms with Gasteiger partial charge in [0, 0.05) is 24.3 Å². The standard InChI is InChI=1S/C14H17N3O2.ClH/c15-14(7-8-14)13(19)16-10-3-5-11(6-4-10)17-9-1-2-12(17)18;/h3-6H,1-2,7-9,15H2,(H,16,19);1H. The second kappa shape index (κ2) is 5.42. The lowest BCUT2D eigenvalue weighted by Crippen LogP contribution is -2.37. The number of nitrogens with one attached hydrogen (secondary N) is 1. The van der Waals surface area contributed by atoms with E-state index in [1.165, 1.54) is 0 Å². The summed E-state index contributed by atoms with van der Waals surface area (Å²) in [7, 11) is 0. The zero-order chi connectivity index (χ0) is 13.5. The Kier molecular flexibility index (Phi) is 4.01. The molecule has 1 aliphatic heterocycles. The number of amides is 2. The fourth-order valence-corrected chi connectivity index (χ4v) is 2.26. The largest absolute Gasteiger partial charge is 0.324 e. The third-order valence-electron chi connectivity index (χ3n) is 3.75. The zero-order valence-corrected chi connectivity index (χ0v) is 11.9. The molecule has 1 heterocycles. The summed E-state index contributed by atoms with van der Waals surface area (Å²) in [6.07, 6.45) is 3.03. The van der Waals surface area contributed by atoms with Gasteiger partial charge in [-0.2, -0.15) is 0 Å². The van der Waals surface area contributed by atoms with Gasteiger partial charge in [0.05, 0.1) is 5.54 Å². The molecule has 1 saturated carbocycles. The van der Waals surface area contributed by atoms with Crippen LogP contribution in [0.5, 0.6) is 0 Å². The number of carbonyl (C=O) groups is 2. The second-order valence-electron chi connectivity index (χ2n) is 5.31. The Morgan fingerprint density at radius 2 is 1.90 bits per heavy atom. The van der Waals surface area contributed by atoms with E-state index in [0.717, 1.165) is 37.2 Å². The van der Waals surface area contributed by atoms with Gasteiger partial charge in [-0.1, -0.05) is 0 Å². The van der Waals surface area contributed by atoms with E-state index in [4.69, 9.17) is 5.73 Å². The molecule has 1 saturated heterocycles. The van der Waals surface area contributed by atoms with Gasteiger partial charge < -0.3 is 16.0 Å². The van der Waals surface area contributed by atoms with Crippen molar-refractivity contribution in [3.05, 3.63) is 24.3 Å². The lowest BCUT2D eigenvalue weighted by molar-refractivity contribution is -0.118. The molecule has 2 aliphatic rings. The average molecular weight is 296 g/mol. The molecule has 3 rings (SSSR count). The smallest absolute Gasteiger partial charge is 0.244 e. The van der Waals surface area contributed by atoms with E-state index in [9.17, 15) is 9.59 Å². The summed E-state index contributed by atoms with van der Waals surface area (Å²) < 4.78 is 0. The number of carbonyl (C=O) groups excluding carboxylic acids is 2. The van der Waals surface area contributed by atoms with Crippen molar-refractivity contribution in [1.82, 2.24) is 0 Å². The lowest BCUT2D eigenvalue weighted by atomic mass is 10.2. The van der Waals surface area contributed by atoms with E-state index in [0.29, 0.717) is 6.42 Å². The van der Waals surface area contributed by atoms with Gasteiger partial charge in [-0.05, 0) is 43.5 Å². The van der Waals surface area contributed by atoms with E-state index in [1.54, 1.807) is 4.90 Å². The van der Waals surface area contributed by atoms with Crippen molar-refractivity contribution in [3.63, 3.8) is 0 Å². The van der Waals surface area contributed by atoms with Crippen molar-refractivity contribution >= 4 is 35.6 Å². The molecule has 1 aliphatic carbocycles. The molecule has 2 amide bonds. The number of benzene rings is 1. The van der Waals surface area contributed by atoms with Crippen molar-refractivity contribution in [1.29, 1.82) is 0 Å². The molecule has 0 bridgehead atoms. The maximum Gasteiger partial charge on any atom is 0.244 e. The maximum absolute atomic E-state index is 11.8. The van der Waals surface area contributed by atoms with Crippen LogP contribution >= 0.6 is 12.4 Å². The van der Waals surface area contributed by atoms with E-state index in [-0.39, 0.29) is 24.2 Å². The average Bonchev–Trinajstić information content (AvgIpc) is 3.01. The lowest BCUT2D eigenvalue weighted by Gasteiger charge is -2.16. The van der Waals surface area contributed by atoms with Gasteiger partial charge in [0.15, 0.2) is 0 Å². The molecular weight excluding hydrogens is 278 g/mol. The van der Waals surface area contributed by atoms with Crippen LogP contribution < -0.4 is 16.0 Å². The summed E-state index contributed by atoms with van der Waals surface area (Å²) in [6, 6.07) is 7.33. The number of anilines is 2. The Labute approximate surface area is 123 Å². The van der Waals surface area contributed by atoms with Gasteiger partial charge in [0.1, 0.15) is 0 Å². The number of nitrogens with zero attached hydrogens (tertiary/aromatic N) is 1. The van der Waals surface area contributed by atoms with Crippen LogP contribution in [-0.4, -0.2) is 23.9 Å². The molecule has 0 radical (unpaired) electrons. The molecule has 1 aromatic rings. The predicted molar refractivity (Wildman–Crippen MR) is 80.1 cm³/mol. The van der Waals surface area contributed by atoms with Crippen molar-refractivity contribution in [2.24, 2.45) is 5.73 Å². The monoisotopic (exact) mass is 295 g/mol. The summed E-state index contributed by atoms with van der Waals surface area (Å²) in [5.74, 6) is 0.0353. The minimum Gasteiger partial charge on any atom is -0.324 e. The summed E-state index contributed by atoms with van der Waals surface area (Å²) in [5, 5.41) is 2.81. The zero-order valence-electron chi connectivity index (χ0n) is 11.1. The van der Waals surface area contributed by atoms with Crippen molar-refractivity contribution < 1.29 is 9.59 Å². The van der Waals surface area contributed by atoms with Crippen LogP contribution in [0.4, 0.5) is 11.4 Å². The first-order chi connectivity index (χ1) is 9.08. The normalized spacial score (nSPS) is 19.4. The van der Waals surface area contributed by atoms with Gasteiger partial charge in [-0.3, -0.25) is 9.59 Å². The molecule has 20 heavy (non-hydrogen) atoms. The molecule has 6 heteroatoms. The Balaban J connectivity index is 0.00000147. The van der Waals surface area contributed by atoms with Gasteiger partial charge >= 0.3 is 0 Å². The molecule has 3 N–H and O–H groups in total. The first-order valence-electron chi connectivity index (χ1n) is 6.59. The molecule has 0 atom stereocenters. The van der Waals surface area contributed by atoms with E-state index in [2.05, 4.69) is 5.32 Å². The Bertz CT molecular complexity index is 526. The summed E-state index contributed by atoms with van der Waals surface area (Å²) in [4.78, 5) is 25.2. The van der Waals surface area contributed by atoms with E-state index >= 15 is 0 Å². The number of nitrogens with two attached hydrogens (primary N) is 1. The predicted octanol–water partition coefficient (Wildman–Crippen LogP) is 1.66. The van der Waals surface area contributed by atoms with Crippen molar-refractivity contribution in [2.45, 2.75) is 31.2 Å². The highest BCUT2D eigenvalue weighted by molar-refractivity contribution is 6.00. The Morgan fingerprint density at radius 1 is 1.25 bits per heavy atom. The van der Waals surface area contributed by atoms with E-state index in [1.807, 2.05) is 24.3 Å². The molecule has 0 aromatic heterocycles. The second-order valence-corrected chi connectivity index (χ2v) is 5.31.